The lowest BCUT2D eigenvalue weighted by Crippen LogP contribution is -2.13. The summed E-state index contributed by atoms with van der Waals surface area (Å²) < 4.78 is 40.4. The van der Waals surface area contributed by atoms with Crippen LogP contribution >= 0.6 is 11.8 Å². The first kappa shape index (κ1) is 21.2. The molecule has 29 heavy (non-hydrogen) atoms. The smallest absolute Gasteiger partial charge is 0.261 e. The molecule has 1 aromatic heterocycles. The van der Waals surface area contributed by atoms with E-state index in [1.807, 2.05) is 23.7 Å². The van der Waals surface area contributed by atoms with Gasteiger partial charge in [-0.1, -0.05) is 0 Å². The van der Waals surface area contributed by atoms with Gasteiger partial charge in [-0.3, -0.25) is 4.72 Å². The Labute approximate surface area is 174 Å². The van der Waals surface area contributed by atoms with Gasteiger partial charge in [-0.05, 0) is 66.7 Å². The number of anilines is 1. The number of benzene rings is 2. The molecule has 10 heteroatoms. The summed E-state index contributed by atoms with van der Waals surface area (Å²) in [5.74, 6) is 0.631. The van der Waals surface area contributed by atoms with Crippen LogP contribution in [0.3, 0.4) is 0 Å². The molecular weight excluding hydrogens is 412 g/mol. The minimum Gasteiger partial charge on any atom is -0.491 e. The molecule has 0 radical (unpaired) electrons. The molecule has 0 fully saturated rings. The molecule has 0 saturated carbocycles. The van der Waals surface area contributed by atoms with Crippen LogP contribution in [0, 0.1) is 6.92 Å². The lowest BCUT2D eigenvalue weighted by Gasteiger charge is -2.12. The monoisotopic (exact) mass is 434 g/mol. The highest BCUT2D eigenvalue weighted by Crippen LogP contribution is 2.28. The zero-order valence-electron chi connectivity index (χ0n) is 16.3. The molecule has 2 aromatic carbocycles. The average Bonchev–Trinajstić information content (AvgIpc) is 3.09. The minimum absolute atomic E-state index is 0.173. The number of aromatic nitrogens is 3. The molecular formula is C19H22N4O4S2. The second kappa shape index (κ2) is 9.29. The molecule has 1 N–H and O–H groups in total. The van der Waals surface area contributed by atoms with Crippen molar-refractivity contribution in [2.24, 2.45) is 7.05 Å². The van der Waals surface area contributed by atoms with E-state index in [0.717, 1.165) is 15.6 Å². The Morgan fingerprint density at radius 3 is 2.52 bits per heavy atom. The Morgan fingerprint density at radius 1 is 1.14 bits per heavy atom. The quantitative estimate of drug-likeness (QED) is 0.517. The molecule has 0 aliphatic carbocycles. The first-order chi connectivity index (χ1) is 13.9. The summed E-state index contributed by atoms with van der Waals surface area (Å²) in [4.78, 5) is 1.10. The molecule has 154 valence electrons. The van der Waals surface area contributed by atoms with Gasteiger partial charge < -0.3 is 14.0 Å². The highest BCUT2D eigenvalue weighted by atomic mass is 32.2. The van der Waals surface area contributed by atoms with Crippen LogP contribution < -0.4 is 9.46 Å². The van der Waals surface area contributed by atoms with Gasteiger partial charge in [0.1, 0.15) is 18.7 Å². The summed E-state index contributed by atoms with van der Waals surface area (Å²) >= 11 is 1.44. The van der Waals surface area contributed by atoms with Crippen molar-refractivity contribution in [2.75, 3.05) is 25.0 Å². The van der Waals surface area contributed by atoms with Gasteiger partial charge in [-0.25, -0.2) is 8.42 Å². The molecule has 0 bridgehead atoms. The second-order valence-corrected chi connectivity index (χ2v) is 8.95. The van der Waals surface area contributed by atoms with Crippen molar-refractivity contribution in [2.45, 2.75) is 21.9 Å². The summed E-state index contributed by atoms with van der Waals surface area (Å²) in [5.41, 5.74) is 1.21. The maximum atomic E-state index is 12.7. The molecule has 0 amide bonds. The Bertz CT molecular complexity index is 1070. The lowest BCUT2D eigenvalue weighted by atomic mass is 10.2. The number of sulfonamides is 1. The van der Waals surface area contributed by atoms with Crippen LogP contribution in [0.25, 0.3) is 0 Å². The van der Waals surface area contributed by atoms with Crippen molar-refractivity contribution in [3.63, 3.8) is 0 Å². The lowest BCUT2D eigenvalue weighted by molar-refractivity contribution is 0.146. The Balaban J connectivity index is 1.68. The van der Waals surface area contributed by atoms with E-state index in [0.29, 0.717) is 24.7 Å². The van der Waals surface area contributed by atoms with Gasteiger partial charge in [-0.2, -0.15) is 0 Å². The second-order valence-electron chi connectivity index (χ2n) is 6.22. The zero-order valence-corrected chi connectivity index (χ0v) is 18.0. The number of nitrogens with zero attached hydrogens (tertiary/aromatic N) is 3. The van der Waals surface area contributed by atoms with E-state index in [-0.39, 0.29) is 4.90 Å². The molecule has 0 spiro atoms. The van der Waals surface area contributed by atoms with Crippen LogP contribution in [-0.4, -0.2) is 43.5 Å². The van der Waals surface area contributed by atoms with Crippen LogP contribution in [0.5, 0.6) is 5.75 Å². The molecule has 1 heterocycles. The predicted molar refractivity (Wildman–Crippen MR) is 111 cm³/mol. The van der Waals surface area contributed by atoms with Gasteiger partial charge in [0.25, 0.3) is 10.0 Å². The summed E-state index contributed by atoms with van der Waals surface area (Å²) in [5, 5.41) is 8.61. The standard InChI is InChI=1S/C19H22N4O4S2/c1-14-12-17(8-9-18(14)27-11-10-26-3)29(24,25)22-15-4-6-16(7-5-15)28-19-21-20-13-23(19)2/h4-9,12-13,22H,10-11H2,1-3H3. The van der Waals surface area contributed by atoms with Gasteiger partial charge >= 0.3 is 0 Å². The number of rotatable bonds is 9. The van der Waals surface area contributed by atoms with E-state index < -0.39 is 10.0 Å². The maximum Gasteiger partial charge on any atom is 0.261 e. The number of hydrogen-bond acceptors (Lipinski definition) is 7. The highest BCUT2D eigenvalue weighted by Gasteiger charge is 2.16. The fourth-order valence-corrected chi connectivity index (χ4v) is 4.37. The first-order valence-corrected chi connectivity index (χ1v) is 11.1. The van der Waals surface area contributed by atoms with Crippen molar-refractivity contribution < 1.29 is 17.9 Å². The Kier molecular flexibility index (Phi) is 6.78. The highest BCUT2D eigenvalue weighted by molar-refractivity contribution is 7.99. The topological polar surface area (TPSA) is 95.3 Å². The van der Waals surface area contributed by atoms with Crippen LogP contribution in [0.4, 0.5) is 5.69 Å². The van der Waals surface area contributed by atoms with E-state index >= 15 is 0 Å². The van der Waals surface area contributed by atoms with Crippen LogP contribution in [0.2, 0.25) is 0 Å². The molecule has 3 aromatic rings. The summed E-state index contributed by atoms with van der Waals surface area (Å²) in [6.07, 6.45) is 1.63. The Hall–Kier alpha value is -2.56. The SMILES string of the molecule is COCCOc1ccc(S(=O)(=O)Nc2ccc(Sc3nncn3C)cc2)cc1C. The minimum atomic E-state index is -3.71. The van der Waals surface area contributed by atoms with Gasteiger partial charge in [0.05, 0.1) is 11.5 Å². The first-order valence-electron chi connectivity index (χ1n) is 8.76. The fourth-order valence-electron chi connectivity index (χ4n) is 2.46. The molecule has 0 atom stereocenters. The molecule has 0 unspecified atom stereocenters. The number of hydrogen-bond donors (Lipinski definition) is 1. The molecule has 0 aliphatic heterocycles. The maximum absolute atomic E-state index is 12.7. The van der Waals surface area contributed by atoms with E-state index in [1.165, 1.54) is 17.8 Å². The summed E-state index contributed by atoms with van der Waals surface area (Å²) in [7, 11) is -0.253. The largest absolute Gasteiger partial charge is 0.491 e. The van der Waals surface area contributed by atoms with Gasteiger partial charge in [0.2, 0.25) is 0 Å². The van der Waals surface area contributed by atoms with Crippen molar-refractivity contribution in [3.8, 4) is 5.75 Å². The van der Waals surface area contributed by atoms with Gasteiger partial charge in [0, 0.05) is 24.7 Å². The third-order valence-electron chi connectivity index (χ3n) is 3.99. The van der Waals surface area contributed by atoms with Gasteiger partial charge in [-0.15, -0.1) is 10.2 Å². The van der Waals surface area contributed by atoms with Crippen LogP contribution in [0.1, 0.15) is 5.56 Å². The van der Waals surface area contributed by atoms with Crippen molar-refractivity contribution in [3.05, 3.63) is 54.4 Å². The number of nitrogens with one attached hydrogen (secondary N) is 1. The van der Waals surface area contributed by atoms with E-state index in [4.69, 9.17) is 9.47 Å². The summed E-state index contributed by atoms with van der Waals surface area (Å²) in [6, 6.07) is 11.8. The molecule has 3 rings (SSSR count). The fraction of sp³-hybridized carbons (Fsp3) is 0.263. The number of methoxy groups -OCH3 is 1. The van der Waals surface area contributed by atoms with Crippen LogP contribution in [-0.2, 0) is 21.8 Å². The van der Waals surface area contributed by atoms with E-state index in [9.17, 15) is 8.42 Å². The number of ether oxygens (including phenoxy) is 2. The van der Waals surface area contributed by atoms with Gasteiger partial charge in [0.15, 0.2) is 5.16 Å². The van der Waals surface area contributed by atoms with Crippen LogP contribution in [0.15, 0.2) is 63.7 Å². The molecule has 0 aliphatic rings. The van der Waals surface area contributed by atoms with E-state index in [2.05, 4.69) is 14.9 Å². The van der Waals surface area contributed by atoms with E-state index in [1.54, 1.807) is 44.6 Å². The molecule has 8 nitrogen and oxygen atoms in total. The third kappa shape index (κ3) is 5.49. The zero-order chi connectivity index (χ0) is 20.9. The average molecular weight is 435 g/mol. The predicted octanol–water partition coefficient (Wildman–Crippen LogP) is 3.10. The number of aryl methyl sites for hydroxylation is 2. The normalized spacial score (nSPS) is 11.4. The van der Waals surface area contributed by atoms with Crippen molar-refractivity contribution in [1.29, 1.82) is 0 Å². The third-order valence-corrected chi connectivity index (χ3v) is 6.43. The summed E-state index contributed by atoms with van der Waals surface area (Å²) in [6.45, 7) is 2.67. The molecule has 0 saturated heterocycles. The van der Waals surface area contributed by atoms with Crippen molar-refractivity contribution in [1.82, 2.24) is 14.8 Å². The Morgan fingerprint density at radius 2 is 1.90 bits per heavy atom. The van der Waals surface area contributed by atoms with Crippen molar-refractivity contribution >= 4 is 27.5 Å².